The molecular weight excluding hydrogens is 592 g/mol. The number of nitrogens with zero attached hydrogens (tertiary/aromatic N) is 2. The van der Waals surface area contributed by atoms with E-state index in [9.17, 15) is 9.59 Å². The Labute approximate surface area is 298 Å². The fourth-order valence-corrected chi connectivity index (χ4v) is 6.49. The number of hydrogen-bond acceptors (Lipinski definition) is 4. The average molecular weight is 671 g/mol. The van der Waals surface area contributed by atoms with E-state index in [1.54, 1.807) is 24.3 Å². The largest absolute Gasteiger partial charge is 0.351 e. The van der Waals surface area contributed by atoms with E-state index in [2.05, 4.69) is 48.1 Å². The Balaban J connectivity index is 2.15. The van der Waals surface area contributed by atoms with Gasteiger partial charge in [-0.2, -0.15) is 0 Å². The Morgan fingerprint density at radius 1 is 0.417 bits per heavy atom. The second-order valence-electron chi connectivity index (χ2n) is 14.0. The molecule has 0 saturated carbocycles. The molecule has 0 unspecified atom stereocenters. The van der Waals surface area contributed by atoms with Crippen LogP contribution in [0.15, 0.2) is 24.3 Å². The van der Waals surface area contributed by atoms with Gasteiger partial charge in [0, 0.05) is 37.3 Å². The summed E-state index contributed by atoms with van der Waals surface area (Å²) in [5.41, 5.74) is 1.20. The van der Waals surface area contributed by atoms with Gasteiger partial charge in [-0.1, -0.05) is 156 Å². The molecule has 278 valence electrons. The maximum atomic E-state index is 12.7. The molecule has 48 heavy (non-hydrogen) atoms. The highest BCUT2D eigenvalue weighted by Crippen LogP contribution is 2.13. The summed E-state index contributed by atoms with van der Waals surface area (Å²) in [6.07, 6.45) is 30.0. The third-order valence-corrected chi connectivity index (χ3v) is 9.89. The van der Waals surface area contributed by atoms with Crippen LogP contribution in [0.5, 0.6) is 0 Å². The quantitative estimate of drug-likeness (QED) is 0.0717. The predicted octanol–water partition coefficient (Wildman–Crippen LogP) is 10.4. The van der Waals surface area contributed by atoms with Crippen LogP contribution in [0.4, 0.5) is 0 Å². The van der Waals surface area contributed by atoms with Crippen molar-refractivity contribution in [2.75, 3.05) is 52.4 Å². The first kappa shape index (κ1) is 44.1. The van der Waals surface area contributed by atoms with Crippen molar-refractivity contribution in [3.8, 4) is 0 Å². The van der Waals surface area contributed by atoms with Gasteiger partial charge in [0.25, 0.3) is 11.8 Å². The molecule has 0 aromatic heterocycles. The average Bonchev–Trinajstić information content (AvgIpc) is 3.11. The molecule has 0 aliphatic heterocycles. The molecule has 1 aromatic carbocycles. The number of unbranched alkanes of at least 4 members (excludes halogenated alkanes) is 20. The zero-order chi connectivity index (χ0) is 34.9. The van der Waals surface area contributed by atoms with Crippen LogP contribution < -0.4 is 10.6 Å². The first-order chi connectivity index (χ1) is 23.5. The number of likely N-dealkylation sites (N-methyl/N-ethyl adjacent to an activating group) is 2. The van der Waals surface area contributed by atoms with E-state index in [4.69, 9.17) is 0 Å². The lowest BCUT2D eigenvalue weighted by Gasteiger charge is -2.20. The maximum absolute atomic E-state index is 12.7. The third kappa shape index (κ3) is 24.3. The molecule has 0 spiro atoms. The van der Waals surface area contributed by atoms with E-state index in [0.717, 1.165) is 39.3 Å². The molecule has 0 fully saturated rings. The summed E-state index contributed by atoms with van der Waals surface area (Å²) in [4.78, 5) is 30.3. The number of carbonyl (C=O) groups is 2. The fraction of sp³-hybridized carbons (Fsp3) is 0.810. The zero-order valence-corrected chi connectivity index (χ0v) is 32.2. The molecule has 0 saturated heterocycles. The summed E-state index contributed by atoms with van der Waals surface area (Å²) in [7, 11) is 0. The lowest BCUT2D eigenvalue weighted by molar-refractivity contribution is 0.0936. The zero-order valence-electron chi connectivity index (χ0n) is 32.2. The van der Waals surface area contributed by atoms with Crippen molar-refractivity contribution in [3.05, 3.63) is 35.4 Å². The van der Waals surface area contributed by atoms with Crippen molar-refractivity contribution < 1.29 is 9.59 Å². The van der Waals surface area contributed by atoms with Gasteiger partial charge in [-0.05, 0) is 63.3 Å². The Bertz CT molecular complexity index is 804. The summed E-state index contributed by atoms with van der Waals surface area (Å²) in [6.45, 7) is 16.2. The van der Waals surface area contributed by atoms with Crippen molar-refractivity contribution in [1.29, 1.82) is 0 Å². The van der Waals surface area contributed by atoms with Gasteiger partial charge in [0.15, 0.2) is 0 Å². The van der Waals surface area contributed by atoms with Crippen LogP contribution in [0.3, 0.4) is 0 Å². The molecule has 0 aliphatic carbocycles. The first-order valence-electron chi connectivity index (χ1n) is 20.7. The van der Waals surface area contributed by atoms with Crippen LogP contribution in [0.1, 0.15) is 190 Å². The van der Waals surface area contributed by atoms with Crippen LogP contribution in [-0.4, -0.2) is 74.0 Å². The molecule has 2 amide bonds. The Hall–Kier alpha value is -1.92. The monoisotopic (exact) mass is 671 g/mol. The van der Waals surface area contributed by atoms with Gasteiger partial charge >= 0.3 is 0 Å². The SMILES string of the molecule is CCCCCCCCCCCCCN(CC)CCNC(=O)c1ccc(C(=O)NCCN(CC)CCCCCCCCCCCCC)cc1. The van der Waals surface area contributed by atoms with Gasteiger partial charge in [-0.25, -0.2) is 0 Å². The molecule has 6 heteroatoms. The van der Waals surface area contributed by atoms with E-state index in [0.29, 0.717) is 24.2 Å². The van der Waals surface area contributed by atoms with E-state index >= 15 is 0 Å². The number of hydrogen-bond donors (Lipinski definition) is 2. The van der Waals surface area contributed by atoms with Crippen LogP contribution >= 0.6 is 0 Å². The second kappa shape index (κ2) is 32.3. The summed E-state index contributed by atoms with van der Waals surface area (Å²) >= 11 is 0. The van der Waals surface area contributed by atoms with Crippen LogP contribution in [0, 0.1) is 0 Å². The van der Waals surface area contributed by atoms with Crippen LogP contribution in [0.2, 0.25) is 0 Å². The molecular formula is C42H78N4O2. The van der Waals surface area contributed by atoms with Crippen molar-refractivity contribution >= 4 is 11.8 Å². The van der Waals surface area contributed by atoms with Crippen molar-refractivity contribution in [2.45, 2.75) is 169 Å². The van der Waals surface area contributed by atoms with E-state index in [1.807, 2.05) is 0 Å². The normalized spacial score (nSPS) is 11.5. The predicted molar refractivity (Wildman–Crippen MR) is 208 cm³/mol. The lowest BCUT2D eigenvalue weighted by Crippen LogP contribution is -2.36. The minimum atomic E-state index is -0.0753. The van der Waals surface area contributed by atoms with Gasteiger partial charge < -0.3 is 20.4 Å². The lowest BCUT2D eigenvalue weighted by atomic mass is 10.1. The van der Waals surface area contributed by atoms with Gasteiger partial charge in [-0.3, -0.25) is 9.59 Å². The molecule has 2 N–H and O–H groups in total. The minimum Gasteiger partial charge on any atom is -0.351 e. The first-order valence-corrected chi connectivity index (χ1v) is 20.7. The van der Waals surface area contributed by atoms with Crippen molar-refractivity contribution in [3.63, 3.8) is 0 Å². The smallest absolute Gasteiger partial charge is 0.251 e. The van der Waals surface area contributed by atoms with Gasteiger partial charge in [0.05, 0.1) is 0 Å². The van der Waals surface area contributed by atoms with Gasteiger partial charge in [0.1, 0.15) is 0 Å². The molecule has 1 aromatic rings. The van der Waals surface area contributed by atoms with E-state index < -0.39 is 0 Å². The Morgan fingerprint density at radius 2 is 0.688 bits per heavy atom. The molecule has 6 nitrogen and oxygen atoms in total. The van der Waals surface area contributed by atoms with Crippen LogP contribution in [0.25, 0.3) is 0 Å². The number of benzene rings is 1. The fourth-order valence-electron chi connectivity index (χ4n) is 6.49. The summed E-state index contributed by atoms with van der Waals surface area (Å²) in [5, 5.41) is 6.13. The van der Waals surface area contributed by atoms with Gasteiger partial charge in [0.2, 0.25) is 0 Å². The minimum absolute atomic E-state index is 0.0753. The second-order valence-corrected chi connectivity index (χ2v) is 14.0. The maximum Gasteiger partial charge on any atom is 0.251 e. The number of carbonyl (C=O) groups excluding carboxylic acids is 2. The number of amides is 2. The third-order valence-electron chi connectivity index (χ3n) is 9.89. The molecule has 0 bridgehead atoms. The topological polar surface area (TPSA) is 64.7 Å². The summed E-state index contributed by atoms with van der Waals surface area (Å²) in [5.74, 6) is -0.151. The summed E-state index contributed by atoms with van der Waals surface area (Å²) in [6, 6.07) is 7.05. The molecule has 0 atom stereocenters. The molecule has 0 heterocycles. The van der Waals surface area contributed by atoms with Gasteiger partial charge in [-0.15, -0.1) is 0 Å². The van der Waals surface area contributed by atoms with Crippen molar-refractivity contribution in [1.82, 2.24) is 20.4 Å². The highest BCUT2D eigenvalue weighted by Gasteiger charge is 2.10. The summed E-state index contributed by atoms with van der Waals surface area (Å²) < 4.78 is 0. The van der Waals surface area contributed by atoms with E-state index in [1.165, 1.54) is 141 Å². The highest BCUT2D eigenvalue weighted by molar-refractivity contribution is 5.97. The Morgan fingerprint density at radius 3 is 0.958 bits per heavy atom. The Kier molecular flexibility index (Phi) is 29.7. The molecule has 0 aliphatic rings. The highest BCUT2D eigenvalue weighted by atomic mass is 16.2. The molecule has 1 rings (SSSR count). The van der Waals surface area contributed by atoms with Crippen molar-refractivity contribution in [2.24, 2.45) is 0 Å². The number of rotatable bonds is 34. The van der Waals surface area contributed by atoms with E-state index in [-0.39, 0.29) is 11.8 Å². The molecule has 0 radical (unpaired) electrons. The van der Waals surface area contributed by atoms with Crippen LogP contribution in [-0.2, 0) is 0 Å². The number of nitrogens with one attached hydrogen (secondary N) is 2. The standard InChI is InChI=1S/C42H78N4O2/c1-5-9-11-13-15-17-19-21-23-25-27-35-45(7-3)37-33-43-41(47)39-29-31-40(32-30-39)42(48)44-34-38-46(8-4)36-28-26-24-22-20-18-16-14-12-10-6-2/h29-32H,5-28,33-38H2,1-4H3,(H,43,47)(H,44,48).